The summed E-state index contributed by atoms with van der Waals surface area (Å²) >= 11 is 0. The Kier molecular flexibility index (Phi) is 2.81. The smallest absolute Gasteiger partial charge is 0.159 e. The van der Waals surface area contributed by atoms with Crippen LogP contribution in [0.3, 0.4) is 0 Å². The SMILES string of the molecule is CC(c1ccc(F)cn1)C1(N)N=CNC=C1N. The van der Waals surface area contributed by atoms with Crippen LogP contribution in [-0.2, 0) is 0 Å². The molecule has 1 aliphatic rings. The molecule has 5 N–H and O–H groups in total. The van der Waals surface area contributed by atoms with Gasteiger partial charge >= 0.3 is 0 Å². The summed E-state index contributed by atoms with van der Waals surface area (Å²) in [5, 5.41) is 2.77. The average molecular weight is 235 g/mol. The van der Waals surface area contributed by atoms with Crippen LogP contribution in [0.1, 0.15) is 18.5 Å². The first kappa shape index (κ1) is 11.5. The average Bonchev–Trinajstić information content (AvgIpc) is 2.33. The maximum absolute atomic E-state index is 12.8. The van der Waals surface area contributed by atoms with Gasteiger partial charge in [-0.15, -0.1) is 0 Å². The maximum atomic E-state index is 12.8. The summed E-state index contributed by atoms with van der Waals surface area (Å²) in [6.07, 6.45) is 4.23. The van der Waals surface area contributed by atoms with E-state index < -0.39 is 5.66 Å². The van der Waals surface area contributed by atoms with Gasteiger partial charge in [0.2, 0.25) is 0 Å². The van der Waals surface area contributed by atoms with E-state index in [-0.39, 0.29) is 11.7 Å². The Bertz CT molecular complexity index is 467. The van der Waals surface area contributed by atoms with E-state index in [1.54, 1.807) is 12.3 Å². The highest BCUT2D eigenvalue weighted by atomic mass is 19.1. The number of hydrogen-bond donors (Lipinski definition) is 3. The van der Waals surface area contributed by atoms with Gasteiger partial charge in [0.05, 0.1) is 18.2 Å². The predicted octanol–water partition coefficient (Wildman–Crippen LogP) is 0.411. The third-order valence-corrected chi connectivity index (χ3v) is 2.91. The molecule has 1 aromatic rings. The minimum Gasteiger partial charge on any atom is -0.398 e. The largest absolute Gasteiger partial charge is 0.398 e. The summed E-state index contributed by atoms with van der Waals surface area (Å²) in [7, 11) is 0. The van der Waals surface area contributed by atoms with Gasteiger partial charge in [0.1, 0.15) is 5.82 Å². The van der Waals surface area contributed by atoms with Crippen LogP contribution in [0.15, 0.2) is 35.2 Å². The standard InChI is InChI=1S/C11H14FN5/c1-7(9-3-2-8(12)4-16-9)11(14)10(13)5-15-6-17-11/h2-7H,13-14H2,1H3,(H,15,17). The minimum atomic E-state index is -1.05. The molecule has 0 radical (unpaired) electrons. The Morgan fingerprint density at radius 2 is 2.24 bits per heavy atom. The summed E-state index contributed by atoms with van der Waals surface area (Å²) in [4.78, 5) is 8.16. The number of aromatic nitrogens is 1. The molecule has 0 fully saturated rings. The molecule has 5 nitrogen and oxygen atoms in total. The highest BCUT2D eigenvalue weighted by Crippen LogP contribution is 2.30. The van der Waals surface area contributed by atoms with Crippen molar-refractivity contribution >= 4 is 6.34 Å². The van der Waals surface area contributed by atoms with Crippen LogP contribution in [0, 0.1) is 5.82 Å². The van der Waals surface area contributed by atoms with E-state index in [0.29, 0.717) is 11.4 Å². The van der Waals surface area contributed by atoms with E-state index in [2.05, 4.69) is 15.3 Å². The number of halogens is 1. The third-order valence-electron chi connectivity index (χ3n) is 2.91. The molecular formula is C11H14FN5. The van der Waals surface area contributed by atoms with Crippen molar-refractivity contribution in [1.82, 2.24) is 10.3 Å². The molecule has 0 bridgehead atoms. The lowest BCUT2D eigenvalue weighted by molar-refractivity contribution is 0.422. The number of nitrogens with zero attached hydrogens (tertiary/aromatic N) is 2. The molecule has 1 aliphatic heterocycles. The number of hydrogen-bond acceptors (Lipinski definition) is 5. The van der Waals surface area contributed by atoms with Gasteiger partial charge < -0.3 is 16.8 Å². The number of pyridine rings is 1. The van der Waals surface area contributed by atoms with Gasteiger partial charge in [0.25, 0.3) is 0 Å². The molecule has 0 aliphatic carbocycles. The summed E-state index contributed by atoms with van der Waals surface area (Å²) in [6.45, 7) is 1.85. The monoisotopic (exact) mass is 235 g/mol. The van der Waals surface area contributed by atoms with Gasteiger partial charge in [-0.25, -0.2) is 9.38 Å². The molecular weight excluding hydrogens is 221 g/mol. The number of nitrogens with two attached hydrogens (primary N) is 2. The Labute approximate surface area is 98.4 Å². The second-order valence-corrected chi connectivity index (χ2v) is 3.97. The normalized spacial score (nSPS) is 25.0. The van der Waals surface area contributed by atoms with Gasteiger partial charge in [-0.3, -0.25) is 4.98 Å². The number of aliphatic imine (C=N–C) groups is 1. The first-order valence-electron chi connectivity index (χ1n) is 5.20. The van der Waals surface area contributed by atoms with Crippen LogP contribution in [0.4, 0.5) is 4.39 Å². The van der Waals surface area contributed by atoms with Crippen molar-refractivity contribution in [3.05, 3.63) is 41.7 Å². The van der Waals surface area contributed by atoms with Crippen molar-refractivity contribution in [3.8, 4) is 0 Å². The molecule has 2 heterocycles. The molecule has 0 saturated carbocycles. The van der Waals surface area contributed by atoms with E-state index in [9.17, 15) is 4.39 Å². The van der Waals surface area contributed by atoms with Gasteiger partial charge in [0.15, 0.2) is 5.66 Å². The number of rotatable bonds is 2. The Hall–Kier alpha value is -1.95. The van der Waals surface area contributed by atoms with Crippen LogP contribution in [-0.4, -0.2) is 17.0 Å². The second-order valence-electron chi connectivity index (χ2n) is 3.97. The van der Waals surface area contributed by atoms with Crippen LogP contribution in [0.5, 0.6) is 0 Å². The van der Waals surface area contributed by atoms with Crippen LogP contribution >= 0.6 is 0 Å². The Balaban J connectivity index is 2.33. The molecule has 0 spiro atoms. The number of nitrogens with one attached hydrogen (secondary N) is 1. The van der Waals surface area contributed by atoms with E-state index in [1.807, 2.05) is 6.92 Å². The van der Waals surface area contributed by atoms with E-state index in [1.165, 1.54) is 12.4 Å². The van der Waals surface area contributed by atoms with Crippen LogP contribution in [0.2, 0.25) is 0 Å². The fraction of sp³-hybridized carbons (Fsp3) is 0.273. The fourth-order valence-electron chi connectivity index (χ4n) is 1.69. The molecule has 2 atom stereocenters. The van der Waals surface area contributed by atoms with Crippen molar-refractivity contribution in [2.45, 2.75) is 18.5 Å². The lowest BCUT2D eigenvalue weighted by Crippen LogP contribution is -2.50. The topological polar surface area (TPSA) is 89.3 Å². The molecule has 2 rings (SSSR count). The molecule has 1 aromatic heterocycles. The second kappa shape index (κ2) is 4.14. The first-order chi connectivity index (χ1) is 8.04. The van der Waals surface area contributed by atoms with Crippen molar-refractivity contribution in [2.75, 3.05) is 0 Å². The lowest BCUT2D eigenvalue weighted by Gasteiger charge is -2.33. The maximum Gasteiger partial charge on any atom is 0.159 e. The van der Waals surface area contributed by atoms with E-state index in [0.717, 1.165) is 6.20 Å². The zero-order valence-corrected chi connectivity index (χ0v) is 9.39. The van der Waals surface area contributed by atoms with Gasteiger partial charge in [0, 0.05) is 17.8 Å². The highest BCUT2D eigenvalue weighted by molar-refractivity contribution is 5.60. The highest BCUT2D eigenvalue weighted by Gasteiger charge is 2.37. The quantitative estimate of drug-likeness (QED) is 0.692. The molecule has 90 valence electrons. The predicted molar refractivity (Wildman–Crippen MR) is 63.4 cm³/mol. The Morgan fingerprint density at radius 3 is 2.82 bits per heavy atom. The van der Waals surface area contributed by atoms with Crippen LogP contribution < -0.4 is 16.8 Å². The summed E-state index contributed by atoms with van der Waals surface area (Å²) < 4.78 is 12.8. The van der Waals surface area contributed by atoms with Gasteiger partial charge in [-0.05, 0) is 12.1 Å². The van der Waals surface area contributed by atoms with Crippen molar-refractivity contribution in [1.29, 1.82) is 0 Å². The summed E-state index contributed by atoms with van der Waals surface area (Å²) in [5.41, 5.74) is 12.0. The third kappa shape index (κ3) is 1.99. The fourth-order valence-corrected chi connectivity index (χ4v) is 1.69. The molecule has 6 heteroatoms. The van der Waals surface area contributed by atoms with E-state index in [4.69, 9.17) is 11.5 Å². The first-order valence-corrected chi connectivity index (χ1v) is 5.20. The zero-order valence-electron chi connectivity index (χ0n) is 9.39. The Morgan fingerprint density at radius 1 is 1.47 bits per heavy atom. The van der Waals surface area contributed by atoms with Crippen LogP contribution in [0.25, 0.3) is 0 Å². The van der Waals surface area contributed by atoms with Gasteiger partial charge in [-0.1, -0.05) is 6.92 Å². The van der Waals surface area contributed by atoms with E-state index >= 15 is 0 Å². The molecule has 0 aromatic carbocycles. The summed E-state index contributed by atoms with van der Waals surface area (Å²) in [6, 6.07) is 2.92. The molecule has 0 saturated heterocycles. The van der Waals surface area contributed by atoms with Gasteiger partial charge in [-0.2, -0.15) is 0 Å². The minimum absolute atomic E-state index is 0.252. The van der Waals surface area contributed by atoms with Crippen molar-refractivity contribution in [2.24, 2.45) is 16.5 Å². The summed E-state index contributed by atoms with van der Waals surface area (Å²) in [5.74, 6) is -0.637. The molecule has 0 amide bonds. The zero-order chi connectivity index (χ0) is 12.5. The van der Waals surface area contributed by atoms with Crippen molar-refractivity contribution < 1.29 is 4.39 Å². The van der Waals surface area contributed by atoms with Crippen molar-refractivity contribution in [3.63, 3.8) is 0 Å². The molecule has 2 unspecified atom stereocenters. The molecule has 17 heavy (non-hydrogen) atoms. The lowest BCUT2D eigenvalue weighted by atomic mass is 9.89.